The van der Waals surface area contributed by atoms with Crippen molar-refractivity contribution in [3.05, 3.63) is 196 Å². The van der Waals surface area contributed by atoms with Gasteiger partial charge in [0.05, 0.1) is 5.41 Å². The molecule has 1 aliphatic rings. The van der Waals surface area contributed by atoms with Crippen LogP contribution in [0.5, 0.6) is 5.75 Å². The van der Waals surface area contributed by atoms with E-state index < -0.39 is 5.41 Å². The maximum absolute atomic E-state index is 12.8. The van der Waals surface area contributed by atoms with Gasteiger partial charge >= 0.3 is 21.7 Å². The fourth-order valence-electron chi connectivity index (χ4n) is 7.12. The normalized spacial score (nSPS) is 12.2. The summed E-state index contributed by atoms with van der Waals surface area (Å²) in [7, 11) is 0. The number of rotatable bonds is 5. The van der Waals surface area contributed by atoms with Gasteiger partial charge < -0.3 is 29.9 Å². The Kier molecular flexibility index (Phi) is 10.8. The minimum Gasteiger partial charge on any atom is -1.00 e. The quantitative estimate of drug-likeness (QED) is 0.214. The van der Waals surface area contributed by atoms with Crippen molar-refractivity contribution in [3.63, 3.8) is 0 Å². The number of aromatic hydroxyl groups is 1. The molecule has 6 aromatic rings. The molecule has 0 bridgehead atoms. The summed E-state index contributed by atoms with van der Waals surface area (Å²) in [5, 5.41) is 12.8. The van der Waals surface area contributed by atoms with E-state index in [4.69, 9.17) is 0 Å². The van der Waals surface area contributed by atoms with Crippen molar-refractivity contribution in [2.75, 3.05) is 0 Å². The Balaban J connectivity index is 0.00000160. The number of benzene rings is 6. The maximum Gasteiger partial charge on any atom is 2.00 e. The topological polar surface area (TPSA) is 20.2 Å². The first kappa shape index (κ1) is 35.3. The third-order valence-electron chi connectivity index (χ3n) is 9.17. The van der Waals surface area contributed by atoms with Crippen LogP contribution >= 0.6 is 0 Å². The zero-order chi connectivity index (χ0) is 29.6. The summed E-state index contributed by atoms with van der Waals surface area (Å²) in [5.41, 5.74) is 10.5. The zero-order valence-corrected chi connectivity index (χ0v) is 29.3. The number of fused-ring (bicyclic) bond motifs is 3. The fourth-order valence-corrected chi connectivity index (χ4v) is 7.12. The molecule has 0 fully saturated rings. The first-order valence-electron chi connectivity index (χ1n) is 15.1. The van der Waals surface area contributed by atoms with Crippen LogP contribution in [0.3, 0.4) is 0 Å². The molecule has 6 aromatic carbocycles. The summed E-state index contributed by atoms with van der Waals surface area (Å²) in [6, 6.07) is 53.8. The molecule has 7 rings (SSSR count). The second kappa shape index (κ2) is 14.0. The van der Waals surface area contributed by atoms with Crippen LogP contribution in [0.2, 0.25) is 0 Å². The van der Waals surface area contributed by atoms with Crippen molar-refractivity contribution in [1.29, 1.82) is 0 Å². The molecule has 0 heterocycles. The number of hydrogen-bond donors (Lipinski definition) is 1. The molecule has 0 aromatic heterocycles. The molecule has 1 N–H and O–H groups in total. The van der Waals surface area contributed by atoms with Crippen molar-refractivity contribution >= 4 is 0 Å². The molecule has 0 saturated heterocycles. The molecule has 4 heteroatoms. The van der Waals surface area contributed by atoms with Crippen LogP contribution < -0.4 is 24.8 Å². The second-order valence-electron chi connectivity index (χ2n) is 12.7. The number of halogens is 2. The van der Waals surface area contributed by atoms with Gasteiger partial charge in [-0.15, -0.1) is 0 Å². The van der Waals surface area contributed by atoms with Crippen LogP contribution in [0.15, 0.2) is 152 Å². The number of phenolic OH excluding ortho intramolecular Hbond substituents is 1. The number of hydrogen-bond acceptors (Lipinski definition) is 1. The summed E-state index contributed by atoms with van der Waals surface area (Å²) in [5.74, 6) is 0.273. The molecule has 0 atom stereocenters. The van der Waals surface area contributed by atoms with Gasteiger partial charge in [0, 0.05) is 17.0 Å². The molecule has 1 nitrogen and oxygen atoms in total. The first-order chi connectivity index (χ1) is 20.9. The molecule has 0 saturated carbocycles. The summed E-state index contributed by atoms with van der Waals surface area (Å²) >= 11 is 0. The van der Waals surface area contributed by atoms with Gasteiger partial charge in [0.25, 0.3) is 0 Å². The first-order valence-corrected chi connectivity index (χ1v) is 15.1. The largest absolute Gasteiger partial charge is 2.00 e. The van der Waals surface area contributed by atoms with E-state index in [2.05, 4.69) is 172 Å². The van der Waals surface area contributed by atoms with Crippen molar-refractivity contribution in [3.8, 4) is 16.9 Å². The van der Waals surface area contributed by atoms with Gasteiger partial charge in [0.1, 0.15) is 5.75 Å². The van der Waals surface area contributed by atoms with Gasteiger partial charge in [0.2, 0.25) is 0 Å². The summed E-state index contributed by atoms with van der Waals surface area (Å²) in [6.45, 7) is 6.79. The van der Waals surface area contributed by atoms with E-state index in [1.807, 2.05) is 0 Å². The van der Waals surface area contributed by atoms with E-state index in [0.717, 1.165) is 27.8 Å². The molecular weight excluding hydrogens is 639 g/mol. The Morgan fingerprint density at radius 1 is 0.457 bits per heavy atom. The minimum absolute atomic E-state index is 0. The van der Waals surface area contributed by atoms with E-state index in [-0.39, 0.29) is 57.9 Å². The fraction of sp³-hybridized carbons (Fsp3) is 0.143. The molecule has 0 spiro atoms. The van der Waals surface area contributed by atoms with Crippen LogP contribution in [0.25, 0.3) is 11.1 Å². The molecule has 0 unspecified atom stereocenters. The van der Waals surface area contributed by atoms with Crippen LogP contribution in [0.4, 0.5) is 0 Å². The van der Waals surface area contributed by atoms with Crippen molar-refractivity contribution in [2.45, 2.75) is 37.5 Å². The molecule has 1 aliphatic carbocycles. The standard InChI is InChI=1S/C42H36O.2ClH.Ti/c1-41(2,3)32-27-37(39-35-25-15-13-23-33(35)34-24-14-16-26-36(34)39)40(43)38(28-32)42(29-17-7-4-8-18-29,30-19-9-5-10-20-30)31-21-11-6-12-22-31;;;/h4-28,39,43H,1-3H3;2*1H;/q;;;+2/p-2. The van der Waals surface area contributed by atoms with Crippen LogP contribution in [0.1, 0.15) is 71.2 Å². The maximum atomic E-state index is 12.8. The monoisotopic (exact) mass is 674 g/mol. The smallest absolute Gasteiger partial charge is 1.00 e. The Labute approximate surface area is 300 Å². The molecule has 228 valence electrons. The van der Waals surface area contributed by atoms with Crippen LogP contribution in [-0.4, -0.2) is 5.11 Å². The summed E-state index contributed by atoms with van der Waals surface area (Å²) in [4.78, 5) is 0. The van der Waals surface area contributed by atoms with Gasteiger partial charge in [-0.2, -0.15) is 0 Å². The average molecular weight is 676 g/mol. The van der Waals surface area contributed by atoms with Gasteiger partial charge in [-0.1, -0.05) is 166 Å². The Morgan fingerprint density at radius 2 is 0.826 bits per heavy atom. The SMILES string of the molecule is CC(C)(C)c1cc(C2c3ccccc3-c3ccccc32)c(O)c(C(c2ccccc2)(c2ccccc2)c2ccccc2)c1.[Cl-].[Cl-].[Ti+2]. The molecule has 0 aliphatic heterocycles. The predicted molar refractivity (Wildman–Crippen MR) is 178 cm³/mol. The molecule has 46 heavy (non-hydrogen) atoms. The van der Waals surface area contributed by atoms with E-state index in [1.54, 1.807) is 0 Å². The van der Waals surface area contributed by atoms with E-state index in [1.165, 1.54) is 27.8 Å². The summed E-state index contributed by atoms with van der Waals surface area (Å²) in [6.07, 6.45) is 0. The van der Waals surface area contributed by atoms with E-state index >= 15 is 0 Å². The Bertz CT molecular complexity index is 1770. The van der Waals surface area contributed by atoms with Crippen molar-refractivity contribution in [2.24, 2.45) is 0 Å². The second-order valence-corrected chi connectivity index (χ2v) is 12.7. The predicted octanol–water partition coefficient (Wildman–Crippen LogP) is 4.24. The zero-order valence-electron chi connectivity index (χ0n) is 26.2. The molecular formula is C42H36Cl2OTi. The Hall–Kier alpha value is -3.59. The number of phenols is 1. The van der Waals surface area contributed by atoms with E-state index in [0.29, 0.717) is 5.75 Å². The van der Waals surface area contributed by atoms with Crippen molar-refractivity contribution < 1.29 is 51.6 Å². The van der Waals surface area contributed by atoms with Gasteiger partial charge in [-0.3, -0.25) is 0 Å². The minimum atomic E-state index is -0.748. The Morgan fingerprint density at radius 3 is 1.22 bits per heavy atom. The van der Waals surface area contributed by atoms with Crippen LogP contribution in [0, 0.1) is 0 Å². The van der Waals surface area contributed by atoms with Gasteiger partial charge in [-0.05, 0) is 56.0 Å². The van der Waals surface area contributed by atoms with Gasteiger partial charge in [-0.25, -0.2) is 0 Å². The van der Waals surface area contributed by atoms with E-state index in [9.17, 15) is 5.11 Å². The van der Waals surface area contributed by atoms with Crippen molar-refractivity contribution in [1.82, 2.24) is 0 Å². The average Bonchev–Trinajstić information content (AvgIpc) is 3.37. The third kappa shape index (κ3) is 5.76. The molecule has 0 amide bonds. The summed E-state index contributed by atoms with van der Waals surface area (Å²) < 4.78 is 0. The van der Waals surface area contributed by atoms with Gasteiger partial charge in [0.15, 0.2) is 0 Å². The van der Waals surface area contributed by atoms with Crippen LogP contribution in [-0.2, 0) is 32.5 Å². The molecule has 0 radical (unpaired) electrons. The third-order valence-corrected chi connectivity index (χ3v) is 9.17.